The minimum Gasteiger partial charge on any atom is -0.392 e. The zero-order valence-corrected chi connectivity index (χ0v) is 13.7. The van der Waals surface area contributed by atoms with Crippen LogP contribution in [0.25, 0.3) is 6.08 Å². The molecule has 3 atom stereocenters. The van der Waals surface area contributed by atoms with Gasteiger partial charge < -0.3 is 5.11 Å². The Balaban J connectivity index is 2.06. The van der Waals surface area contributed by atoms with Crippen molar-refractivity contribution in [2.75, 3.05) is 0 Å². The molecule has 22 heavy (non-hydrogen) atoms. The van der Waals surface area contributed by atoms with Crippen molar-refractivity contribution in [1.82, 2.24) is 0 Å². The zero-order valence-electron chi connectivity index (χ0n) is 13.0. The summed E-state index contributed by atoms with van der Waals surface area (Å²) in [7, 11) is 0. The lowest BCUT2D eigenvalue weighted by Crippen LogP contribution is -2.46. The Labute approximate surface area is 136 Å². The van der Waals surface area contributed by atoms with Gasteiger partial charge in [0.15, 0.2) is 5.78 Å². The van der Waals surface area contributed by atoms with Crippen molar-refractivity contribution >= 4 is 23.5 Å². The Kier molecular flexibility index (Phi) is 4.00. The largest absolute Gasteiger partial charge is 0.392 e. The van der Waals surface area contributed by atoms with E-state index in [0.29, 0.717) is 5.02 Å². The third kappa shape index (κ3) is 2.45. The normalized spacial score (nSPS) is 33.5. The minimum absolute atomic E-state index is 0.00529. The first-order valence-corrected chi connectivity index (χ1v) is 8.21. The topological polar surface area (TPSA) is 37.3 Å². The molecule has 2 aliphatic rings. The summed E-state index contributed by atoms with van der Waals surface area (Å²) in [6.45, 7) is 4.14. The summed E-state index contributed by atoms with van der Waals surface area (Å²) in [5, 5.41) is 11.2. The van der Waals surface area contributed by atoms with Gasteiger partial charge in [-0.05, 0) is 55.0 Å². The van der Waals surface area contributed by atoms with Crippen molar-refractivity contribution in [1.29, 1.82) is 0 Å². The van der Waals surface area contributed by atoms with Crippen LogP contribution in [0.3, 0.4) is 0 Å². The van der Waals surface area contributed by atoms with Gasteiger partial charge >= 0.3 is 0 Å². The Hall–Kier alpha value is -1.38. The first-order valence-electron chi connectivity index (χ1n) is 7.83. The number of fused-ring (bicyclic) bond motifs is 1. The fraction of sp³-hybridized carbons (Fsp3) is 0.421. The van der Waals surface area contributed by atoms with Gasteiger partial charge in [0.25, 0.3) is 0 Å². The number of ketones is 1. The summed E-state index contributed by atoms with van der Waals surface area (Å²) < 4.78 is 0. The number of rotatable bonds is 1. The van der Waals surface area contributed by atoms with Gasteiger partial charge in [0.1, 0.15) is 0 Å². The van der Waals surface area contributed by atoms with Crippen molar-refractivity contribution in [3.05, 3.63) is 52.1 Å². The van der Waals surface area contributed by atoms with E-state index < -0.39 is 6.10 Å². The highest BCUT2D eigenvalue weighted by Crippen LogP contribution is 2.51. The second-order valence-corrected chi connectivity index (χ2v) is 7.04. The molecule has 0 heterocycles. The highest BCUT2D eigenvalue weighted by Gasteiger charge is 2.48. The van der Waals surface area contributed by atoms with Crippen LogP contribution in [-0.4, -0.2) is 17.0 Å². The summed E-state index contributed by atoms with van der Waals surface area (Å²) in [6, 6.07) is 7.50. The molecule has 0 bridgehead atoms. The molecule has 0 aromatic heterocycles. The number of aliphatic hydroxyl groups is 1. The van der Waals surface area contributed by atoms with E-state index in [1.165, 1.54) is 0 Å². The van der Waals surface area contributed by atoms with Gasteiger partial charge in [-0.3, -0.25) is 4.79 Å². The third-order valence-electron chi connectivity index (χ3n) is 5.43. The Morgan fingerprint density at radius 2 is 2.18 bits per heavy atom. The van der Waals surface area contributed by atoms with E-state index in [0.717, 1.165) is 36.0 Å². The Bertz CT molecular complexity index is 674. The molecule has 3 rings (SSSR count). The highest BCUT2D eigenvalue weighted by molar-refractivity contribution is 6.30. The number of carbonyl (C=O) groups is 1. The predicted octanol–water partition coefficient (Wildman–Crippen LogP) is 4.42. The van der Waals surface area contributed by atoms with Gasteiger partial charge in [-0.1, -0.05) is 43.2 Å². The van der Waals surface area contributed by atoms with Crippen LogP contribution in [0.4, 0.5) is 0 Å². The Morgan fingerprint density at radius 1 is 1.41 bits per heavy atom. The van der Waals surface area contributed by atoms with Crippen molar-refractivity contribution in [3.63, 3.8) is 0 Å². The van der Waals surface area contributed by atoms with E-state index in [4.69, 9.17) is 11.6 Å². The molecule has 0 unspecified atom stereocenters. The monoisotopic (exact) mass is 316 g/mol. The molecular formula is C19H21ClO2. The molecule has 1 aromatic rings. The first-order chi connectivity index (χ1) is 10.4. The maximum absolute atomic E-state index is 12.5. The standard InChI is InChI=1S/C19H21ClO2/c1-12-16(10-13-5-3-7-15(20)9-13)17(21)11-14-6-4-8-18(22)19(12,14)2/h3,5,7,9-12,18,22H,4,6,8H2,1-2H3/t12-,18-,19-/m0/s1. The lowest BCUT2D eigenvalue weighted by molar-refractivity contribution is -0.113. The van der Waals surface area contributed by atoms with Crippen molar-refractivity contribution in [2.24, 2.45) is 11.3 Å². The molecule has 1 saturated carbocycles. The molecule has 116 valence electrons. The molecule has 0 spiro atoms. The smallest absolute Gasteiger partial charge is 0.182 e. The zero-order chi connectivity index (χ0) is 15.9. The average molecular weight is 317 g/mol. The van der Waals surface area contributed by atoms with Crippen LogP contribution >= 0.6 is 11.6 Å². The number of carbonyl (C=O) groups excluding carboxylic acids is 1. The number of aliphatic hydroxyl groups excluding tert-OH is 1. The lowest BCUT2D eigenvalue weighted by atomic mass is 9.57. The molecule has 1 aromatic carbocycles. The van der Waals surface area contributed by atoms with E-state index in [9.17, 15) is 9.90 Å². The van der Waals surface area contributed by atoms with Gasteiger partial charge in [0.2, 0.25) is 0 Å². The van der Waals surface area contributed by atoms with Gasteiger partial charge in [-0.15, -0.1) is 0 Å². The van der Waals surface area contributed by atoms with Crippen LogP contribution in [0.5, 0.6) is 0 Å². The van der Waals surface area contributed by atoms with E-state index in [1.807, 2.05) is 30.3 Å². The molecule has 1 N–H and O–H groups in total. The summed E-state index contributed by atoms with van der Waals surface area (Å²) in [5.41, 5.74) is 2.45. The van der Waals surface area contributed by atoms with Crippen LogP contribution in [0.15, 0.2) is 41.5 Å². The summed E-state index contributed by atoms with van der Waals surface area (Å²) >= 11 is 6.03. The van der Waals surface area contributed by atoms with Crippen LogP contribution in [0.1, 0.15) is 38.7 Å². The summed E-state index contributed by atoms with van der Waals surface area (Å²) in [6.07, 6.45) is 5.94. The quantitative estimate of drug-likeness (QED) is 0.779. The van der Waals surface area contributed by atoms with Gasteiger partial charge in [-0.2, -0.15) is 0 Å². The van der Waals surface area contributed by atoms with Crippen LogP contribution in [0.2, 0.25) is 5.02 Å². The van der Waals surface area contributed by atoms with E-state index in [-0.39, 0.29) is 17.1 Å². The molecule has 1 fully saturated rings. The van der Waals surface area contributed by atoms with Crippen LogP contribution in [0, 0.1) is 11.3 Å². The molecule has 2 nitrogen and oxygen atoms in total. The minimum atomic E-state index is -0.390. The fourth-order valence-electron chi connectivity index (χ4n) is 3.81. The van der Waals surface area contributed by atoms with Gasteiger partial charge in [0, 0.05) is 16.0 Å². The van der Waals surface area contributed by atoms with Crippen molar-refractivity contribution in [3.8, 4) is 0 Å². The van der Waals surface area contributed by atoms with E-state index in [1.54, 1.807) is 6.08 Å². The molecule has 3 heteroatoms. The lowest BCUT2D eigenvalue weighted by Gasteiger charge is -2.48. The molecule has 0 amide bonds. The summed E-state index contributed by atoms with van der Waals surface area (Å²) in [4.78, 5) is 12.5. The molecule has 0 saturated heterocycles. The van der Waals surface area contributed by atoms with Crippen LogP contribution < -0.4 is 0 Å². The highest BCUT2D eigenvalue weighted by atomic mass is 35.5. The van der Waals surface area contributed by atoms with Gasteiger partial charge in [-0.25, -0.2) is 0 Å². The van der Waals surface area contributed by atoms with Crippen molar-refractivity contribution < 1.29 is 9.90 Å². The molecule has 0 radical (unpaired) electrons. The average Bonchev–Trinajstić information content (AvgIpc) is 2.47. The van der Waals surface area contributed by atoms with Crippen LogP contribution in [-0.2, 0) is 4.79 Å². The predicted molar refractivity (Wildman–Crippen MR) is 89.6 cm³/mol. The second-order valence-electron chi connectivity index (χ2n) is 6.60. The third-order valence-corrected chi connectivity index (χ3v) is 5.67. The first kappa shape index (κ1) is 15.5. The fourth-order valence-corrected chi connectivity index (χ4v) is 4.01. The number of halogens is 1. The second kappa shape index (κ2) is 5.68. The summed E-state index contributed by atoms with van der Waals surface area (Å²) in [5.74, 6) is 0.0586. The maximum Gasteiger partial charge on any atom is 0.182 e. The molecule has 0 aliphatic heterocycles. The Morgan fingerprint density at radius 3 is 2.91 bits per heavy atom. The SMILES string of the molecule is C[C@H]1C(=Cc2cccc(Cl)c2)C(=O)C=C2CCC[C@H](O)[C@]21C. The van der Waals surface area contributed by atoms with Gasteiger partial charge in [0.05, 0.1) is 6.10 Å². The number of hydrogen-bond acceptors (Lipinski definition) is 2. The molecular weight excluding hydrogens is 296 g/mol. The number of hydrogen-bond donors (Lipinski definition) is 1. The molecule has 2 aliphatic carbocycles. The maximum atomic E-state index is 12.5. The van der Waals surface area contributed by atoms with E-state index in [2.05, 4.69) is 13.8 Å². The van der Waals surface area contributed by atoms with Crippen molar-refractivity contribution in [2.45, 2.75) is 39.2 Å². The van der Waals surface area contributed by atoms with E-state index >= 15 is 0 Å². The number of allylic oxidation sites excluding steroid dienone is 2. The number of benzene rings is 1.